The van der Waals surface area contributed by atoms with Gasteiger partial charge < -0.3 is 10.1 Å². The van der Waals surface area contributed by atoms with Crippen LogP contribution in [0.1, 0.15) is 36.9 Å². The monoisotopic (exact) mass is 265 g/mol. The SMILES string of the molecule is CCSCCOc1ccc2c(c1)C(NC)CCC2. The molecule has 1 aliphatic rings. The molecule has 0 fully saturated rings. The summed E-state index contributed by atoms with van der Waals surface area (Å²) < 4.78 is 5.82. The molecule has 0 amide bonds. The number of hydrogen-bond acceptors (Lipinski definition) is 3. The summed E-state index contributed by atoms with van der Waals surface area (Å²) in [7, 11) is 2.05. The van der Waals surface area contributed by atoms with Crippen LogP contribution < -0.4 is 10.1 Å². The molecule has 2 rings (SSSR count). The number of aryl methyl sites for hydroxylation is 1. The smallest absolute Gasteiger partial charge is 0.119 e. The molecule has 0 radical (unpaired) electrons. The number of ether oxygens (including phenoxy) is 1. The van der Waals surface area contributed by atoms with Gasteiger partial charge in [0.25, 0.3) is 0 Å². The summed E-state index contributed by atoms with van der Waals surface area (Å²) in [6, 6.07) is 7.09. The van der Waals surface area contributed by atoms with Crippen molar-refractivity contribution in [3.8, 4) is 5.75 Å². The van der Waals surface area contributed by atoms with Crippen LogP contribution in [-0.4, -0.2) is 25.2 Å². The Balaban J connectivity index is 2.01. The van der Waals surface area contributed by atoms with Crippen molar-refractivity contribution in [1.29, 1.82) is 0 Å². The summed E-state index contributed by atoms with van der Waals surface area (Å²) in [6.45, 7) is 2.99. The lowest BCUT2D eigenvalue weighted by Crippen LogP contribution is -2.21. The average Bonchev–Trinajstić information content (AvgIpc) is 2.43. The van der Waals surface area contributed by atoms with Crippen molar-refractivity contribution in [3.63, 3.8) is 0 Å². The first-order chi connectivity index (χ1) is 8.85. The fraction of sp³-hybridized carbons (Fsp3) is 0.600. The maximum Gasteiger partial charge on any atom is 0.119 e. The summed E-state index contributed by atoms with van der Waals surface area (Å²) in [6.07, 6.45) is 3.73. The van der Waals surface area contributed by atoms with Gasteiger partial charge in [0.15, 0.2) is 0 Å². The molecule has 1 aromatic rings. The summed E-state index contributed by atoms with van der Waals surface area (Å²) in [4.78, 5) is 0. The molecule has 0 spiro atoms. The van der Waals surface area contributed by atoms with Gasteiger partial charge in [0.1, 0.15) is 5.75 Å². The van der Waals surface area contributed by atoms with Crippen LogP contribution >= 0.6 is 11.8 Å². The number of thioether (sulfide) groups is 1. The topological polar surface area (TPSA) is 21.3 Å². The van der Waals surface area contributed by atoms with Crippen LogP contribution in [0.5, 0.6) is 5.75 Å². The van der Waals surface area contributed by atoms with Gasteiger partial charge in [-0.25, -0.2) is 0 Å². The Morgan fingerprint density at radius 2 is 2.33 bits per heavy atom. The number of nitrogens with one attached hydrogen (secondary N) is 1. The van der Waals surface area contributed by atoms with Crippen molar-refractivity contribution in [1.82, 2.24) is 5.32 Å². The highest BCUT2D eigenvalue weighted by atomic mass is 32.2. The lowest BCUT2D eigenvalue weighted by molar-refractivity contribution is 0.342. The predicted molar refractivity (Wildman–Crippen MR) is 79.7 cm³/mol. The highest BCUT2D eigenvalue weighted by Gasteiger charge is 2.18. The van der Waals surface area contributed by atoms with E-state index in [-0.39, 0.29) is 0 Å². The van der Waals surface area contributed by atoms with Crippen molar-refractivity contribution in [2.75, 3.05) is 25.2 Å². The second kappa shape index (κ2) is 7.05. The van der Waals surface area contributed by atoms with Gasteiger partial charge in [-0.3, -0.25) is 0 Å². The van der Waals surface area contributed by atoms with Gasteiger partial charge in [-0.15, -0.1) is 0 Å². The molecule has 3 heteroatoms. The van der Waals surface area contributed by atoms with Gasteiger partial charge in [0.2, 0.25) is 0 Å². The van der Waals surface area contributed by atoms with Crippen molar-refractivity contribution in [3.05, 3.63) is 29.3 Å². The van der Waals surface area contributed by atoms with E-state index in [0.717, 1.165) is 23.9 Å². The maximum atomic E-state index is 5.82. The lowest BCUT2D eigenvalue weighted by atomic mass is 9.87. The Morgan fingerprint density at radius 3 is 3.11 bits per heavy atom. The van der Waals surface area contributed by atoms with Crippen LogP contribution in [0.2, 0.25) is 0 Å². The lowest BCUT2D eigenvalue weighted by Gasteiger charge is -2.25. The summed E-state index contributed by atoms with van der Waals surface area (Å²) in [5.74, 6) is 3.26. The molecule has 0 aliphatic heterocycles. The number of rotatable bonds is 6. The van der Waals surface area contributed by atoms with E-state index in [1.54, 1.807) is 0 Å². The van der Waals surface area contributed by atoms with E-state index < -0.39 is 0 Å². The summed E-state index contributed by atoms with van der Waals surface area (Å²) >= 11 is 1.92. The first-order valence-electron chi connectivity index (χ1n) is 6.85. The Bertz CT molecular complexity index is 381. The number of fused-ring (bicyclic) bond motifs is 1. The number of hydrogen-bond donors (Lipinski definition) is 1. The molecule has 2 nitrogen and oxygen atoms in total. The largest absolute Gasteiger partial charge is 0.493 e. The molecular formula is C15H23NOS. The zero-order valence-electron chi connectivity index (χ0n) is 11.4. The zero-order valence-corrected chi connectivity index (χ0v) is 12.2. The van der Waals surface area contributed by atoms with Crippen molar-refractivity contribution in [2.24, 2.45) is 0 Å². The molecule has 18 heavy (non-hydrogen) atoms. The van der Waals surface area contributed by atoms with Crippen LogP contribution in [0.3, 0.4) is 0 Å². The minimum atomic E-state index is 0.502. The molecule has 1 unspecified atom stereocenters. The normalized spacial score (nSPS) is 18.4. The number of benzene rings is 1. The first kappa shape index (κ1) is 13.8. The molecule has 100 valence electrons. The Hall–Kier alpha value is -0.670. The Labute approximate surface area is 114 Å². The zero-order chi connectivity index (χ0) is 12.8. The molecule has 0 saturated heterocycles. The van der Waals surface area contributed by atoms with E-state index in [1.165, 1.54) is 30.4 Å². The van der Waals surface area contributed by atoms with Crippen LogP contribution in [-0.2, 0) is 6.42 Å². The van der Waals surface area contributed by atoms with Crippen LogP contribution in [0.4, 0.5) is 0 Å². The van der Waals surface area contributed by atoms with Gasteiger partial charge in [-0.05, 0) is 55.3 Å². The van der Waals surface area contributed by atoms with Gasteiger partial charge in [0, 0.05) is 11.8 Å². The average molecular weight is 265 g/mol. The minimum Gasteiger partial charge on any atom is -0.493 e. The summed E-state index contributed by atoms with van der Waals surface area (Å²) in [5.41, 5.74) is 2.92. The van der Waals surface area contributed by atoms with E-state index in [0.29, 0.717) is 6.04 Å². The van der Waals surface area contributed by atoms with Crippen LogP contribution in [0, 0.1) is 0 Å². The fourth-order valence-electron chi connectivity index (χ4n) is 2.53. The first-order valence-corrected chi connectivity index (χ1v) is 8.01. The molecular weight excluding hydrogens is 242 g/mol. The fourth-order valence-corrected chi connectivity index (χ4v) is 3.02. The van der Waals surface area contributed by atoms with Gasteiger partial charge >= 0.3 is 0 Å². The van der Waals surface area contributed by atoms with Crippen LogP contribution in [0.25, 0.3) is 0 Å². The quantitative estimate of drug-likeness (QED) is 0.796. The minimum absolute atomic E-state index is 0.502. The van der Waals surface area contributed by atoms with E-state index in [4.69, 9.17) is 4.74 Å². The molecule has 0 saturated carbocycles. The third kappa shape index (κ3) is 3.42. The Morgan fingerprint density at radius 1 is 1.44 bits per heavy atom. The predicted octanol–water partition coefficient (Wildman–Crippen LogP) is 3.42. The van der Waals surface area contributed by atoms with Gasteiger partial charge in [-0.1, -0.05) is 13.0 Å². The standard InChI is InChI=1S/C15H23NOS/c1-3-18-10-9-17-13-8-7-12-5-4-6-15(16-2)14(12)11-13/h7-8,11,15-16H,3-6,9-10H2,1-2H3. The summed E-state index contributed by atoms with van der Waals surface area (Å²) in [5, 5.41) is 3.40. The maximum absolute atomic E-state index is 5.82. The van der Waals surface area contributed by atoms with Crippen molar-refractivity contribution >= 4 is 11.8 Å². The Kier molecular flexibility index (Phi) is 5.39. The second-order valence-corrected chi connectivity index (χ2v) is 6.03. The molecule has 1 N–H and O–H groups in total. The van der Waals surface area contributed by atoms with E-state index in [1.807, 2.05) is 18.8 Å². The van der Waals surface area contributed by atoms with E-state index >= 15 is 0 Å². The third-order valence-electron chi connectivity index (χ3n) is 3.48. The highest BCUT2D eigenvalue weighted by Crippen LogP contribution is 2.32. The molecule has 1 atom stereocenters. The molecule has 1 aromatic carbocycles. The van der Waals surface area contributed by atoms with E-state index in [9.17, 15) is 0 Å². The molecule has 0 aromatic heterocycles. The van der Waals surface area contributed by atoms with Crippen molar-refractivity contribution < 1.29 is 4.74 Å². The van der Waals surface area contributed by atoms with Crippen molar-refractivity contribution in [2.45, 2.75) is 32.2 Å². The van der Waals surface area contributed by atoms with Gasteiger partial charge in [0.05, 0.1) is 6.61 Å². The molecule has 0 bridgehead atoms. The third-order valence-corrected chi connectivity index (χ3v) is 4.34. The highest BCUT2D eigenvalue weighted by molar-refractivity contribution is 7.99. The second-order valence-electron chi connectivity index (χ2n) is 4.64. The molecule has 1 aliphatic carbocycles. The molecule has 0 heterocycles. The van der Waals surface area contributed by atoms with Gasteiger partial charge in [-0.2, -0.15) is 11.8 Å². The van der Waals surface area contributed by atoms with Crippen LogP contribution in [0.15, 0.2) is 18.2 Å². The van der Waals surface area contributed by atoms with E-state index in [2.05, 4.69) is 30.4 Å².